The van der Waals surface area contributed by atoms with Crippen molar-refractivity contribution in [3.05, 3.63) is 35.8 Å². The lowest BCUT2D eigenvalue weighted by Crippen LogP contribution is -2.25. The summed E-state index contributed by atoms with van der Waals surface area (Å²) in [6.07, 6.45) is 0.390. The Morgan fingerprint density at radius 2 is 2.30 bits per heavy atom. The van der Waals surface area contributed by atoms with E-state index in [-0.39, 0.29) is 5.95 Å². The van der Waals surface area contributed by atoms with Crippen molar-refractivity contribution in [3.8, 4) is 17.0 Å². The van der Waals surface area contributed by atoms with Gasteiger partial charge in [0.25, 0.3) is 0 Å². The lowest BCUT2D eigenvalue weighted by atomic mass is 9.99. The van der Waals surface area contributed by atoms with E-state index in [0.29, 0.717) is 22.6 Å². The summed E-state index contributed by atoms with van der Waals surface area (Å²) >= 11 is 0. The molecule has 0 radical (unpaired) electrons. The Balaban J connectivity index is 2.23. The number of carbonyl (C=O) groups excluding carboxylic acids is 1. The van der Waals surface area contributed by atoms with Crippen molar-refractivity contribution in [2.75, 3.05) is 12.8 Å². The predicted molar refractivity (Wildman–Crippen MR) is 67.2 cm³/mol. The Labute approximate surface area is 113 Å². The number of benzene rings is 1. The third-order valence-corrected chi connectivity index (χ3v) is 2.97. The number of esters is 1. The van der Waals surface area contributed by atoms with Crippen LogP contribution in [-0.4, -0.2) is 23.0 Å². The molecule has 2 heterocycles. The number of rotatable bonds is 1. The van der Waals surface area contributed by atoms with E-state index in [1.54, 1.807) is 0 Å². The van der Waals surface area contributed by atoms with Crippen molar-refractivity contribution in [2.24, 2.45) is 0 Å². The molecule has 0 spiro atoms. The van der Waals surface area contributed by atoms with Crippen LogP contribution in [0.5, 0.6) is 5.75 Å². The van der Waals surface area contributed by atoms with Crippen molar-refractivity contribution in [3.63, 3.8) is 0 Å². The van der Waals surface area contributed by atoms with Crippen molar-refractivity contribution in [2.45, 2.75) is 6.10 Å². The average molecular weight is 275 g/mol. The van der Waals surface area contributed by atoms with E-state index >= 15 is 0 Å². The van der Waals surface area contributed by atoms with Gasteiger partial charge in [-0.05, 0) is 18.2 Å². The standard InChI is InChI=1S/C13H10FN3O3/c1-19-12(18)11-8-5-16-13(15)17-10(8)7-4-6(14)2-3-9(7)20-11/h2-5,11H,1H3,(H2,15,16,17)/t11-/m0/s1. The van der Waals surface area contributed by atoms with Crippen molar-refractivity contribution in [1.29, 1.82) is 0 Å². The van der Waals surface area contributed by atoms with Crippen molar-refractivity contribution in [1.82, 2.24) is 9.97 Å². The number of anilines is 1. The zero-order chi connectivity index (χ0) is 14.3. The number of aromatic nitrogens is 2. The maximum atomic E-state index is 13.4. The van der Waals surface area contributed by atoms with Crippen LogP contribution in [0.3, 0.4) is 0 Å². The number of methoxy groups -OCH3 is 1. The molecule has 2 N–H and O–H groups in total. The number of ether oxygens (including phenoxy) is 2. The van der Waals surface area contributed by atoms with E-state index in [9.17, 15) is 9.18 Å². The minimum atomic E-state index is -0.992. The summed E-state index contributed by atoms with van der Waals surface area (Å²) in [6, 6.07) is 3.94. The fourth-order valence-corrected chi connectivity index (χ4v) is 2.07. The third kappa shape index (κ3) is 1.83. The number of nitrogens with zero attached hydrogens (tertiary/aromatic N) is 2. The Bertz CT molecular complexity index is 705. The second-order valence-corrected chi connectivity index (χ2v) is 4.19. The van der Waals surface area contributed by atoms with Crippen LogP contribution in [0.15, 0.2) is 24.4 Å². The van der Waals surface area contributed by atoms with E-state index in [0.717, 1.165) is 0 Å². The van der Waals surface area contributed by atoms with Gasteiger partial charge >= 0.3 is 5.97 Å². The molecule has 0 saturated carbocycles. The molecule has 6 nitrogen and oxygen atoms in total. The zero-order valence-corrected chi connectivity index (χ0v) is 10.5. The molecule has 3 rings (SSSR count). The average Bonchev–Trinajstić information content (AvgIpc) is 2.45. The highest BCUT2D eigenvalue weighted by Gasteiger charge is 2.34. The molecule has 0 aliphatic carbocycles. The van der Waals surface area contributed by atoms with Gasteiger partial charge in [0.2, 0.25) is 12.1 Å². The summed E-state index contributed by atoms with van der Waals surface area (Å²) in [5, 5.41) is 0. The van der Waals surface area contributed by atoms with Crippen LogP contribution in [0.2, 0.25) is 0 Å². The minimum absolute atomic E-state index is 0.0319. The van der Waals surface area contributed by atoms with E-state index in [4.69, 9.17) is 15.2 Å². The molecular weight excluding hydrogens is 265 g/mol. The molecule has 102 valence electrons. The molecule has 1 aromatic heterocycles. The summed E-state index contributed by atoms with van der Waals surface area (Å²) in [5.41, 5.74) is 6.75. The second-order valence-electron chi connectivity index (χ2n) is 4.19. The van der Waals surface area contributed by atoms with Gasteiger partial charge in [-0.15, -0.1) is 0 Å². The number of hydrogen-bond acceptors (Lipinski definition) is 6. The quantitative estimate of drug-likeness (QED) is 0.793. The second kappa shape index (κ2) is 4.44. The number of nitrogen functional groups attached to an aromatic ring is 1. The molecule has 0 fully saturated rings. The van der Waals surface area contributed by atoms with Gasteiger partial charge in [-0.3, -0.25) is 0 Å². The van der Waals surface area contributed by atoms with Gasteiger partial charge in [-0.2, -0.15) is 0 Å². The molecular formula is C13H10FN3O3. The van der Waals surface area contributed by atoms with Gasteiger partial charge in [-0.1, -0.05) is 0 Å². The maximum absolute atomic E-state index is 13.4. The van der Waals surface area contributed by atoms with Crippen LogP contribution in [0.25, 0.3) is 11.3 Å². The first-order valence-corrected chi connectivity index (χ1v) is 5.77. The van der Waals surface area contributed by atoms with Gasteiger partial charge < -0.3 is 15.2 Å². The molecule has 0 amide bonds. The summed E-state index contributed by atoms with van der Waals surface area (Å²) in [7, 11) is 1.25. The minimum Gasteiger partial charge on any atom is -0.473 e. The van der Waals surface area contributed by atoms with Crippen molar-refractivity contribution < 1.29 is 18.7 Å². The number of halogens is 1. The summed E-state index contributed by atoms with van der Waals surface area (Å²) < 4.78 is 23.6. The van der Waals surface area contributed by atoms with Crippen LogP contribution in [0, 0.1) is 5.82 Å². The van der Waals surface area contributed by atoms with Crippen LogP contribution in [0.4, 0.5) is 10.3 Å². The van der Waals surface area contributed by atoms with E-state index < -0.39 is 17.9 Å². The smallest absolute Gasteiger partial charge is 0.351 e. The fourth-order valence-electron chi connectivity index (χ4n) is 2.07. The molecule has 2 aromatic rings. The van der Waals surface area contributed by atoms with Gasteiger partial charge in [0.15, 0.2) is 0 Å². The van der Waals surface area contributed by atoms with E-state index in [1.165, 1.54) is 31.5 Å². The monoisotopic (exact) mass is 275 g/mol. The Kier molecular flexibility index (Phi) is 2.74. The van der Waals surface area contributed by atoms with Crippen molar-refractivity contribution >= 4 is 11.9 Å². The molecule has 1 aliphatic rings. The Hall–Kier alpha value is -2.70. The van der Waals surface area contributed by atoms with E-state index in [1.807, 2.05) is 0 Å². The Morgan fingerprint density at radius 3 is 3.05 bits per heavy atom. The number of nitrogens with two attached hydrogens (primary N) is 1. The van der Waals surface area contributed by atoms with Crippen LogP contribution in [0.1, 0.15) is 11.7 Å². The molecule has 0 saturated heterocycles. The largest absolute Gasteiger partial charge is 0.473 e. The molecule has 20 heavy (non-hydrogen) atoms. The highest BCUT2D eigenvalue weighted by Crippen LogP contribution is 2.41. The zero-order valence-electron chi connectivity index (χ0n) is 10.5. The summed E-state index contributed by atoms with van der Waals surface area (Å²) in [4.78, 5) is 19.7. The van der Waals surface area contributed by atoms with Crippen LogP contribution < -0.4 is 10.5 Å². The highest BCUT2D eigenvalue weighted by molar-refractivity contribution is 5.84. The summed E-state index contributed by atoms with van der Waals surface area (Å²) in [6.45, 7) is 0. The van der Waals surface area contributed by atoms with Crippen LogP contribution >= 0.6 is 0 Å². The van der Waals surface area contributed by atoms with Gasteiger partial charge in [0, 0.05) is 17.3 Å². The number of carbonyl (C=O) groups is 1. The maximum Gasteiger partial charge on any atom is 0.351 e. The Morgan fingerprint density at radius 1 is 1.50 bits per heavy atom. The molecule has 0 unspecified atom stereocenters. The first kappa shape index (κ1) is 12.3. The normalized spacial score (nSPS) is 15.8. The van der Waals surface area contributed by atoms with Gasteiger partial charge in [0.1, 0.15) is 11.6 Å². The lowest BCUT2D eigenvalue weighted by Gasteiger charge is -2.25. The SMILES string of the molecule is COC(=O)[C@H]1Oc2ccc(F)cc2-c2nc(N)ncc21. The molecule has 0 bridgehead atoms. The van der Waals surface area contributed by atoms with Gasteiger partial charge in [-0.25, -0.2) is 19.2 Å². The first-order valence-electron chi connectivity index (χ1n) is 5.77. The molecule has 1 atom stereocenters. The molecule has 7 heteroatoms. The fraction of sp³-hybridized carbons (Fsp3) is 0.154. The topological polar surface area (TPSA) is 87.3 Å². The molecule has 1 aliphatic heterocycles. The van der Waals surface area contributed by atoms with Crippen LogP contribution in [-0.2, 0) is 9.53 Å². The van der Waals surface area contributed by atoms with Gasteiger partial charge in [0.05, 0.1) is 12.8 Å². The first-order chi connectivity index (χ1) is 9.60. The number of fused-ring (bicyclic) bond motifs is 3. The van der Waals surface area contributed by atoms with E-state index in [2.05, 4.69) is 9.97 Å². The summed E-state index contributed by atoms with van der Waals surface area (Å²) in [5.74, 6) is -0.654. The predicted octanol–water partition coefficient (Wildman–Crippen LogP) is 1.47. The lowest BCUT2D eigenvalue weighted by molar-refractivity contribution is -0.149. The number of hydrogen-bond donors (Lipinski definition) is 1. The molecule has 1 aromatic carbocycles. The third-order valence-electron chi connectivity index (χ3n) is 2.97. The highest BCUT2D eigenvalue weighted by atomic mass is 19.1.